The van der Waals surface area contributed by atoms with E-state index in [2.05, 4.69) is 11.6 Å². The van der Waals surface area contributed by atoms with Gasteiger partial charge in [-0.05, 0) is 17.7 Å². The number of halogens is 5. The van der Waals surface area contributed by atoms with Crippen LogP contribution in [-0.2, 0) is 17.4 Å². The average molecular weight is 534 g/mol. The van der Waals surface area contributed by atoms with Crippen LogP contribution in [0.1, 0.15) is 24.0 Å². The monoisotopic (exact) mass is 533 g/mol. The number of aliphatic carboxylic acids is 1. The lowest BCUT2D eigenvalue weighted by Crippen LogP contribution is -2.47. The molecular formula is C22H20Cl2F3N3O5. The quantitative estimate of drug-likeness (QED) is 0.266. The number of hydrogen-bond donors (Lipinski definition) is 3. The van der Waals surface area contributed by atoms with Gasteiger partial charge in [0.25, 0.3) is 0 Å². The molecule has 1 heterocycles. The molecule has 188 valence electrons. The Kier molecular flexibility index (Phi) is 8.43. The second-order valence-electron chi connectivity index (χ2n) is 7.32. The molecule has 2 atom stereocenters. The largest absolute Gasteiger partial charge is 0.476 e. The number of nitrogens with zero attached hydrogens (tertiary/aromatic N) is 2. The number of ether oxygens (including phenoxy) is 1. The second-order valence-corrected chi connectivity index (χ2v) is 8.07. The van der Waals surface area contributed by atoms with Crippen molar-refractivity contribution < 1.29 is 32.9 Å². The summed E-state index contributed by atoms with van der Waals surface area (Å²) in [5.74, 6) is -3.36. The maximum absolute atomic E-state index is 14.2. The van der Waals surface area contributed by atoms with Gasteiger partial charge in [-0.15, -0.1) is 0 Å². The SMILES string of the molecule is C=C(/C=N\C(=C/N)C(=O)O)Oc1ccc([C@@H](C)[C@@](O)(c2ccc(=O)n(C)c2)C(F)(F)F)c(Cl)c1Cl. The van der Waals surface area contributed by atoms with Crippen LogP contribution in [0, 0.1) is 0 Å². The van der Waals surface area contributed by atoms with Crippen LogP contribution >= 0.6 is 23.2 Å². The normalized spacial score (nSPS) is 15.0. The highest BCUT2D eigenvalue weighted by Gasteiger charge is 2.59. The number of allylic oxidation sites excluding steroid dienone is 1. The molecule has 0 fully saturated rings. The lowest BCUT2D eigenvalue weighted by Gasteiger charge is -2.37. The number of benzene rings is 1. The first kappa shape index (κ1) is 28.0. The summed E-state index contributed by atoms with van der Waals surface area (Å²) in [4.78, 5) is 26.1. The van der Waals surface area contributed by atoms with Gasteiger partial charge in [0.15, 0.2) is 11.3 Å². The molecule has 0 bridgehead atoms. The minimum atomic E-state index is -5.15. The molecule has 2 aromatic rings. The number of aliphatic imine (C=N–C) groups is 1. The van der Waals surface area contributed by atoms with Crippen molar-refractivity contribution in [3.05, 3.63) is 86.2 Å². The van der Waals surface area contributed by atoms with Crippen LogP contribution in [0.3, 0.4) is 0 Å². The summed E-state index contributed by atoms with van der Waals surface area (Å²) in [6.07, 6.45) is -2.57. The van der Waals surface area contributed by atoms with E-state index in [1.54, 1.807) is 0 Å². The summed E-state index contributed by atoms with van der Waals surface area (Å²) in [6.45, 7) is 4.63. The van der Waals surface area contributed by atoms with Crippen molar-refractivity contribution in [1.29, 1.82) is 0 Å². The molecule has 0 spiro atoms. The molecule has 0 radical (unpaired) electrons. The predicted molar refractivity (Wildman–Crippen MR) is 125 cm³/mol. The van der Waals surface area contributed by atoms with Gasteiger partial charge in [-0.25, -0.2) is 9.79 Å². The number of aliphatic hydroxyl groups is 1. The number of hydrogen-bond acceptors (Lipinski definition) is 6. The third kappa shape index (κ3) is 5.69. The summed E-state index contributed by atoms with van der Waals surface area (Å²) in [5.41, 5.74) is -0.0629. The third-order valence-electron chi connectivity index (χ3n) is 5.09. The number of carboxylic acid groups (broad SMARTS) is 1. The molecule has 0 aliphatic carbocycles. The Hall–Kier alpha value is -3.28. The molecule has 0 saturated carbocycles. The fraction of sp³-hybridized carbons (Fsp3) is 0.227. The van der Waals surface area contributed by atoms with Gasteiger partial charge in [-0.2, -0.15) is 13.2 Å². The van der Waals surface area contributed by atoms with Crippen molar-refractivity contribution in [2.24, 2.45) is 17.8 Å². The lowest BCUT2D eigenvalue weighted by atomic mass is 9.78. The van der Waals surface area contributed by atoms with Gasteiger partial charge in [0.2, 0.25) is 5.56 Å². The van der Waals surface area contributed by atoms with Gasteiger partial charge in [-0.1, -0.05) is 42.8 Å². The minimum Gasteiger partial charge on any atom is -0.476 e. The molecule has 4 N–H and O–H groups in total. The molecular weight excluding hydrogens is 514 g/mol. The Morgan fingerprint density at radius 2 is 1.89 bits per heavy atom. The van der Waals surface area contributed by atoms with E-state index in [-0.39, 0.29) is 27.1 Å². The van der Waals surface area contributed by atoms with E-state index in [9.17, 15) is 27.9 Å². The Labute approximate surface area is 207 Å². The Morgan fingerprint density at radius 1 is 1.26 bits per heavy atom. The molecule has 13 heteroatoms. The van der Waals surface area contributed by atoms with E-state index in [0.29, 0.717) is 0 Å². The van der Waals surface area contributed by atoms with Crippen molar-refractivity contribution >= 4 is 35.4 Å². The number of aryl methyl sites for hydroxylation is 1. The van der Waals surface area contributed by atoms with E-state index < -0.39 is 40.5 Å². The van der Waals surface area contributed by atoms with Crippen molar-refractivity contribution in [3.8, 4) is 5.75 Å². The molecule has 8 nitrogen and oxygen atoms in total. The van der Waals surface area contributed by atoms with Crippen LogP contribution in [0.25, 0.3) is 0 Å². The number of rotatable bonds is 8. The van der Waals surface area contributed by atoms with Crippen LogP contribution in [0.15, 0.2) is 64.5 Å². The van der Waals surface area contributed by atoms with Crippen LogP contribution < -0.4 is 16.0 Å². The Bertz CT molecular complexity index is 1270. The maximum Gasteiger partial charge on any atom is 0.422 e. The fourth-order valence-corrected chi connectivity index (χ4v) is 3.67. The molecule has 0 unspecified atom stereocenters. The first-order valence-corrected chi connectivity index (χ1v) is 10.4. The highest BCUT2D eigenvalue weighted by atomic mass is 35.5. The minimum absolute atomic E-state index is 0.115. The van der Waals surface area contributed by atoms with Gasteiger partial charge in [0.1, 0.15) is 16.5 Å². The molecule has 2 rings (SSSR count). The molecule has 0 saturated heterocycles. The first-order chi connectivity index (χ1) is 16.1. The number of nitrogens with two attached hydrogens (primary N) is 1. The van der Waals surface area contributed by atoms with Gasteiger partial charge >= 0.3 is 12.1 Å². The molecule has 0 amide bonds. The standard InChI is InChI=1S/C22H20Cl2F3N3O5/c1-11(9-29-15(8-28)20(32)33)35-16-6-5-14(18(23)19(16)24)12(2)21(34,22(25,26)27)13-4-7-17(31)30(3)10-13/h4-10,12,34H,1,28H2,2-3H3,(H,32,33)/b15-8-,29-9-/t12-,21-/m1/s1. The number of carboxylic acids is 1. The average Bonchev–Trinajstić information content (AvgIpc) is 2.77. The zero-order chi connectivity index (χ0) is 26.7. The topological polar surface area (TPSA) is 127 Å². The molecule has 35 heavy (non-hydrogen) atoms. The number of alkyl halides is 3. The highest BCUT2D eigenvalue weighted by Crippen LogP contribution is 2.51. The molecule has 0 aliphatic heterocycles. The Morgan fingerprint density at radius 3 is 2.40 bits per heavy atom. The van der Waals surface area contributed by atoms with E-state index in [1.165, 1.54) is 19.2 Å². The first-order valence-electron chi connectivity index (χ1n) is 9.65. The summed E-state index contributed by atoms with van der Waals surface area (Å²) in [7, 11) is 1.25. The Balaban J connectivity index is 2.47. The van der Waals surface area contributed by atoms with Crippen molar-refractivity contribution in [2.75, 3.05) is 0 Å². The summed E-state index contributed by atoms with van der Waals surface area (Å²) >= 11 is 12.5. The van der Waals surface area contributed by atoms with E-state index in [1.807, 2.05) is 0 Å². The van der Waals surface area contributed by atoms with Gasteiger partial charge in [0.05, 0.1) is 11.2 Å². The summed E-state index contributed by atoms with van der Waals surface area (Å²) < 4.78 is 48.7. The summed E-state index contributed by atoms with van der Waals surface area (Å²) in [5, 5.41) is 19.2. The van der Waals surface area contributed by atoms with Crippen LogP contribution in [0.4, 0.5) is 13.2 Å². The van der Waals surface area contributed by atoms with Crippen molar-refractivity contribution in [3.63, 3.8) is 0 Å². The summed E-state index contributed by atoms with van der Waals surface area (Å²) in [6, 6.07) is 4.18. The van der Waals surface area contributed by atoms with Crippen LogP contribution in [0.5, 0.6) is 5.75 Å². The molecule has 1 aromatic heterocycles. The van der Waals surface area contributed by atoms with Crippen molar-refractivity contribution in [2.45, 2.75) is 24.6 Å². The van der Waals surface area contributed by atoms with E-state index >= 15 is 0 Å². The predicted octanol–water partition coefficient (Wildman–Crippen LogP) is 4.09. The number of pyridine rings is 1. The fourth-order valence-electron chi connectivity index (χ4n) is 3.14. The zero-order valence-electron chi connectivity index (χ0n) is 18.3. The molecule has 0 aliphatic rings. The van der Waals surface area contributed by atoms with Gasteiger partial charge < -0.3 is 25.3 Å². The highest BCUT2D eigenvalue weighted by molar-refractivity contribution is 6.43. The van der Waals surface area contributed by atoms with Crippen molar-refractivity contribution in [1.82, 2.24) is 4.57 Å². The lowest BCUT2D eigenvalue weighted by molar-refractivity contribution is -0.274. The third-order valence-corrected chi connectivity index (χ3v) is 5.97. The van der Waals surface area contributed by atoms with Gasteiger partial charge in [-0.3, -0.25) is 4.79 Å². The smallest absolute Gasteiger partial charge is 0.422 e. The van der Waals surface area contributed by atoms with E-state index in [0.717, 1.165) is 42.2 Å². The van der Waals surface area contributed by atoms with E-state index in [4.69, 9.17) is 38.8 Å². The van der Waals surface area contributed by atoms with Gasteiger partial charge in [0, 0.05) is 37.0 Å². The molecule has 1 aromatic carbocycles. The number of aromatic nitrogens is 1. The second kappa shape index (κ2) is 10.5. The van der Waals surface area contributed by atoms with Crippen LogP contribution in [-0.4, -0.2) is 33.1 Å². The zero-order valence-corrected chi connectivity index (χ0v) is 19.8. The number of carbonyl (C=O) groups is 1. The maximum atomic E-state index is 14.2. The van der Waals surface area contributed by atoms with Crippen LogP contribution in [0.2, 0.25) is 10.0 Å².